The quantitative estimate of drug-likeness (QED) is 0.798. The van der Waals surface area contributed by atoms with E-state index < -0.39 is 0 Å². The minimum Gasteiger partial charge on any atom is -0.350 e. The van der Waals surface area contributed by atoms with E-state index in [9.17, 15) is 9.18 Å². The van der Waals surface area contributed by atoms with E-state index in [1.54, 1.807) is 24.3 Å². The normalized spacial score (nSPS) is 20.9. The van der Waals surface area contributed by atoms with Crippen LogP contribution in [0.5, 0.6) is 0 Å². The number of piperidine rings is 1. The Balaban J connectivity index is 1.46. The SMILES string of the molecule is O=C(c1cc(-c2ccccc2F)no1)N1CCCC[C@H]1CCN1CCCC1. The number of carbonyl (C=O) groups excluding carboxylic acids is 1. The fourth-order valence-electron chi connectivity index (χ4n) is 4.22. The van der Waals surface area contributed by atoms with Gasteiger partial charge in [-0.05, 0) is 63.7 Å². The van der Waals surface area contributed by atoms with Gasteiger partial charge in [0.05, 0.1) is 0 Å². The van der Waals surface area contributed by atoms with E-state index in [1.165, 1.54) is 32.0 Å². The highest BCUT2D eigenvalue weighted by atomic mass is 19.1. The number of nitrogens with zero attached hydrogens (tertiary/aromatic N) is 3. The number of amides is 1. The lowest BCUT2D eigenvalue weighted by atomic mass is 9.98. The molecule has 2 saturated heterocycles. The third-order valence-corrected chi connectivity index (χ3v) is 5.74. The molecule has 0 unspecified atom stereocenters. The molecule has 5 nitrogen and oxygen atoms in total. The van der Waals surface area contributed by atoms with E-state index in [0.29, 0.717) is 11.3 Å². The van der Waals surface area contributed by atoms with Crippen LogP contribution < -0.4 is 0 Å². The second-order valence-electron chi connectivity index (χ2n) is 7.54. The average molecular weight is 371 g/mol. The first-order valence-electron chi connectivity index (χ1n) is 9.97. The van der Waals surface area contributed by atoms with Crippen LogP contribution >= 0.6 is 0 Å². The molecule has 1 atom stereocenters. The summed E-state index contributed by atoms with van der Waals surface area (Å²) >= 11 is 0. The van der Waals surface area contributed by atoms with Gasteiger partial charge in [-0.25, -0.2) is 4.39 Å². The van der Waals surface area contributed by atoms with Gasteiger partial charge in [0, 0.05) is 30.8 Å². The van der Waals surface area contributed by atoms with Gasteiger partial charge >= 0.3 is 0 Å². The molecule has 1 aromatic carbocycles. The summed E-state index contributed by atoms with van der Waals surface area (Å²) in [6.07, 6.45) is 6.77. The van der Waals surface area contributed by atoms with Crippen molar-refractivity contribution in [1.82, 2.24) is 15.0 Å². The van der Waals surface area contributed by atoms with Gasteiger partial charge < -0.3 is 14.3 Å². The molecule has 0 spiro atoms. The molecule has 1 amide bonds. The molecule has 2 fully saturated rings. The summed E-state index contributed by atoms with van der Waals surface area (Å²) in [5.41, 5.74) is 0.714. The van der Waals surface area contributed by atoms with Crippen LogP contribution in [-0.4, -0.2) is 53.1 Å². The zero-order valence-electron chi connectivity index (χ0n) is 15.6. The molecule has 2 aromatic rings. The lowest BCUT2D eigenvalue weighted by Gasteiger charge is -2.36. The molecule has 0 radical (unpaired) electrons. The molecule has 0 N–H and O–H groups in total. The van der Waals surface area contributed by atoms with Crippen molar-refractivity contribution in [2.45, 2.75) is 44.6 Å². The average Bonchev–Trinajstić information content (AvgIpc) is 3.38. The molecule has 0 bridgehead atoms. The molecule has 4 rings (SSSR count). The Morgan fingerprint density at radius 2 is 1.93 bits per heavy atom. The molecule has 0 aliphatic carbocycles. The first kappa shape index (κ1) is 18.2. The van der Waals surface area contributed by atoms with Crippen molar-refractivity contribution in [3.63, 3.8) is 0 Å². The van der Waals surface area contributed by atoms with Crippen LogP contribution in [0.2, 0.25) is 0 Å². The van der Waals surface area contributed by atoms with Crippen LogP contribution in [0.25, 0.3) is 11.3 Å². The van der Waals surface area contributed by atoms with Crippen molar-refractivity contribution in [1.29, 1.82) is 0 Å². The number of halogens is 1. The number of carbonyl (C=O) groups is 1. The Morgan fingerprint density at radius 3 is 2.74 bits per heavy atom. The Morgan fingerprint density at radius 1 is 1.15 bits per heavy atom. The van der Waals surface area contributed by atoms with Crippen molar-refractivity contribution in [3.8, 4) is 11.3 Å². The van der Waals surface area contributed by atoms with Crippen LogP contribution in [-0.2, 0) is 0 Å². The second kappa shape index (κ2) is 8.21. The highest BCUT2D eigenvalue weighted by Crippen LogP contribution is 2.26. The van der Waals surface area contributed by atoms with Gasteiger partial charge in [-0.2, -0.15) is 0 Å². The lowest BCUT2D eigenvalue weighted by molar-refractivity contribution is 0.0546. The Kier molecular flexibility index (Phi) is 5.53. The smallest absolute Gasteiger partial charge is 0.292 e. The first-order valence-corrected chi connectivity index (χ1v) is 9.97. The Bertz CT molecular complexity index is 785. The Labute approximate surface area is 159 Å². The standard InChI is InChI=1S/C21H26FN3O2/c22-18-9-2-1-8-17(18)19-15-20(27-23-19)21(26)25-13-4-3-7-16(25)10-14-24-11-5-6-12-24/h1-2,8-9,15-16H,3-7,10-14H2/t16-/m0/s1. The van der Waals surface area contributed by atoms with Gasteiger partial charge in [0.2, 0.25) is 5.76 Å². The third-order valence-electron chi connectivity index (χ3n) is 5.74. The maximum absolute atomic E-state index is 14.0. The number of hydrogen-bond acceptors (Lipinski definition) is 4. The molecule has 2 aliphatic heterocycles. The Hall–Kier alpha value is -2.21. The van der Waals surface area contributed by atoms with Crippen molar-refractivity contribution in [2.75, 3.05) is 26.2 Å². The fourth-order valence-corrected chi connectivity index (χ4v) is 4.22. The summed E-state index contributed by atoms with van der Waals surface area (Å²) in [6.45, 7) is 4.15. The molecule has 2 aliphatic rings. The van der Waals surface area contributed by atoms with Gasteiger partial charge in [0.1, 0.15) is 11.5 Å². The second-order valence-corrected chi connectivity index (χ2v) is 7.54. The van der Waals surface area contributed by atoms with Crippen molar-refractivity contribution >= 4 is 5.91 Å². The van der Waals surface area contributed by atoms with Gasteiger partial charge in [0.25, 0.3) is 5.91 Å². The van der Waals surface area contributed by atoms with E-state index in [1.807, 2.05) is 4.90 Å². The van der Waals surface area contributed by atoms with Crippen LogP contribution in [0.15, 0.2) is 34.9 Å². The number of hydrogen-bond donors (Lipinski definition) is 0. The van der Waals surface area contributed by atoms with Crippen molar-refractivity contribution in [2.24, 2.45) is 0 Å². The minimum absolute atomic E-state index is 0.129. The van der Waals surface area contributed by atoms with Crippen LogP contribution in [0.4, 0.5) is 4.39 Å². The highest BCUT2D eigenvalue weighted by Gasteiger charge is 2.30. The molecule has 0 saturated carbocycles. The third kappa shape index (κ3) is 4.05. The molecule has 27 heavy (non-hydrogen) atoms. The molecular weight excluding hydrogens is 345 g/mol. The summed E-state index contributed by atoms with van der Waals surface area (Å²) in [7, 11) is 0. The topological polar surface area (TPSA) is 49.6 Å². The summed E-state index contributed by atoms with van der Waals surface area (Å²) in [5, 5.41) is 3.93. The molecule has 144 valence electrons. The van der Waals surface area contributed by atoms with Gasteiger partial charge in [-0.15, -0.1) is 0 Å². The van der Waals surface area contributed by atoms with Crippen LogP contribution in [0, 0.1) is 5.82 Å². The number of aromatic nitrogens is 1. The monoisotopic (exact) mass is 371 g/mol. The molecular formula is C21H26FN3O2. The first-order chi connectivity index (χ1) is 13.2. The van der Waals surface area contributed by atoms with Gasteiger partial charge in [0.15, 0.2) is 0 Å². The van der Waals surface area contributed by atoms with Crippen LogP contribution in [0.1, 0.15) is 49.1 Å². The van der Waals surface area contributed by atoms with Crippen molar-refractivity contribution < 1.29 is 13.7 Å². The predicted octanol–water partition coefficient (Wildman–Crippen LogP) is 3.96. The largest absolute Gasteiger partial charge is 0.350 e. The summed E-state index contributed by atoms with van der Waals surface area (Å²) < 4.78 is 19.3. The highest BCUT2D eigenvalue weighted by molar-refractivity contribution is 5.92. The van der Waals surface area contributed by atoms with Gasteiger partial charge in [-0.1, -0.05) is 17.3 Å². The fraction of sp³-hybridized carbons (Fsp3) is 0.524. The minimum atomic E-state index is -0.369. The maximum Gasteiger partial charge on any atom is 0.292 e. The number of likely N-dealkylation sites (tertiary alicyclic amines) is 2. The van der Waals surface area contributed by atoms with Crippen molar-refractivity contribution in [3.05, 3.63) is 41.9 Å². The molecule has 6 heteroatoms. The summed E-state index contributed by atoms with van der Waals surface area (Å²) in [6, 6.07) is 8.20. The molecule has 1 aromatic heterocycles. The van der Waals surface area contributed by atoms with E-state index >= 15 is 0 Å². The zero-order chi connectivity index (χ0) is 18.6. The number of rotatable bonds is 5. The maximum atomic E-state index is 14.0. The van der Waals surface area contributed by atoms with Crippen LogP contribution in [0.3, 0.4) is 0 Å². The lowest BCUT2D eigenvalue weighted by Crippen LogP contribution is -2.45. The van der Waals surface area contributed by atoms with E-state index in [2.05, 4.69) is 10.1 Å². The summed E-state index contributed by atoms with van der Waals surface area (Å²) in [4.78, 5) is 17.4. The van der Waals surface area contributed by atoms with Gasteiger partial charge in [-0.3, -0.25) is 4.79 Å². The van der Waals surface area contributed by atoms with E-state index in [-0.39, 0.29) is 23.5 Å². The van der Waals surface area contributed by atoms with E-state index in [4.69, 9.17) is 4.52 Å². The predicted molar refractivity (Wildman–Crippen MR) is 101 cm³/mol. The number of benzene rings is 1. The summed E-state index contributed by atoms with van der Waals surface area (Å²) in [5.74, 6) is -0.302. The zero-order valence-corrected chi connectivity index (χ0v) is 15.6. The molecule has 3 heterocycles. The van der Waals surface area contributed by atoms with E-state index in [0.717, 1.165) is 38.8 Å².